The van der Waals surface area contributed by atoms with E-state index in [1.54, 1.807) is 0 Å². The Bertz CT molecular complexity index is 1160. The first-order valence-corrected chi connectivity index (χ1v) is 9.20. The number of H-pyrrole nitrogens is 1. The molecular weight excluding hydrogens is 379 g/mol. The third-order valence-corrected chi connectivity index (χ3v) is 4.93. The number of nitrogens with zero attached hydrogens (tertiary/aromatic N) is 3. The van der Waals surface area contributed by atoms with Gasteiger partial charge >= 0.3 is 5.69 Å². The number of aromatic nitrogens is 3. The maximum Gasteiger partial charge on any atom is 0.330 e. The van der Waals surface area contributed by atoms with Crippen molar-refractivity contribution in [2.75, 3.05) is 13.1 Å². The monoisotopic (exact) mass is 398 g/mol. The Hall–Kier alpha value is -3.33. The molecule has 150 valence electrons. The van der Waals surface area contributed by atoms with Crippen LogP contribution >= 0.6 is 0 Å². The first-order chi connectivity index (χ1) is 13.9. The zero-order valence-electron chi connectivity index (χ0n) is 15.4. The number of amides is 1. The summed E-state index contributed by atoms with van der Waals surface area (Å²) in [6.07, 6.45) is -0.990. The molecule has 1 amide bonds. The lowest BCUT2D eigenvalue weighted by Gasteiger charge is -2.32. The number of likely N-dealkylation sites (tertiary alicyclic amines) is 1. The van der Waals surface area contributed by atoms with Crippen molar-refractivity contribution in [3.05, 3.63) is 74.6 Å². The van der Waals surface area contributed by atoms with Gasteiger partial charge < -0.3 is 10.0 Å². The molecule has 1 saturated heterocycles. The molecule has 2 N–H and O–H groups in total. The lowest BCUT2D eigenvalue weighted by atomic mass is 10.1. The third-order valence-electron chi connectivity index (χ3n) is 4.93. The fourth-order valence-electron chi connectivity index (χ4n) is 3.56. The van der Waals surface area contributed by atoms with E-state index in [-0.39, 0.29) is 42.7 Å². The van der Waals surface area contributed by atoms with Crippen molar-refractivity contribution in [1.82, 2.24) is 19.4 Å². The molecule has 1 aliphatic rings. The van der Waals surface area contributed by atoms with Crippen molar-refractivity contribution in [2.24, 2.45) is 0 Å². The average molecular weight is 398 g/mol. The van der Waals surface area contributed by atoms with E-state index < -0.39 is 29.4 Å². The molecule has 3 heterocycles. The predicted octanol–water partition coefficient (Wildman–Crippen LogP) is 0.678. The summed E-state index contributed by atoms with van der Waals surface area (Å²) in [5, 5.41) is 9.81. The van der Waals surface area contributed by atoms with Crippen LogP contribution in [0.2, 0.25) is 0 Å². The number of β-amino-alcohol motifs (C(OH)–C–C–N with tert-alkyl or cyclic N) is 1. The molecule has 0 spiro atoms. The molecule has 29 heavy (non-hydrogen) atoms. The average Bonchev–Trinajstić information content (AvgIpc) is 2.70. The van der Waals surface area contributed by atoms with Gasteiger partial charge in [-0.3, -0.25) is 19.1 Å². The minimum Gasteiger partial charge on any atom is -0.391 e. The molecule has 1 aromatic carbocycles. The smallest absolute Gasteiger partial charge is 0.330 e. The summed E-state index contributed by atoms with van der Waals surface area (Å²) in [6.45, 7) is 0.0913. The van der Waals surface area contributed by atoms with Crippen LogP contribution in [0, 0.1) is 0 Å². The van der Waals surface area contributed by atoms with Gasteiger partial charge in [-0.25, -0.2) is 14.2 Å². The number of carbonyl (C=O) groups excluding carboxylic acids is 1. The van der Waals surface area contributed by atoms with Crippen LogP contribution in [-0.2, 0) is 6.54 Å². The van der Waals surface area contributed by atoms with Gasteiger partial charge in [0.1, 0.15) is 11.8 Å². The van der Waals surface area contributed by atoms with Crippen molar-refractivity contribution >= 4 is 16.9 Å². The molecule has 0 radical (unpaired) electrons. The lowest BCUT2D eigenvalue weighted by molar-refractivity contribution is 0.0223. The normalized spacial score (nSPS) is 19.4. The molecule has 2 atom stereocenters. The van der Waals surface area contributed by atoms with Crippen molar-refractivity contribution in [3.63, 3.8) is 0 Å². The number of fused-ring (bicyclic) bond motifs is 1. The number of carbonyl (C=O) groups is 1. The highest BCUT2D eigenvalue weighted by Gasteiger charge is 2.29. The number of aliphatic hydroxyl groups excluding tert-OH is 1. The van der Waals surface area contributed by atoms with Crippen LogP contribution in [0.1, 0.15) is 22.3 Å². The number of rotatable bonds is 3. The van der Waals surface area contributed by atoms with E-state index in [2.05, 4.69) is 9.97 Å². The largest absolute Gasteiger partial charge is 0.391 e. The van der Waals surface area contributed by atoms with Crippen LogP contribution in [0.3, 0.4) is 0 Å². The number of aliphatic hydroxyl groups is 1. The van der Waals surface area contributed by atoms with Crippen LogP contribution in [0.4, 0.5) is 4.39 Å². The third kappa shape index (κ3) is 3.81. The number of pyridine rings is 1. The molecule has 4 rings (SSSR count). The molecule has 9 heteroatoms. The van der Waals surface area contributed by atoms with Crippen LogP contribution in [0.5, 0.6) is 0 Å². The minimum atomic E-state index is -1.31. The summed E-state index contributed by atoms with van der Waals surface area (Å²) in [5.41, 5.74) is -0.160. The number of aromatic amines is 1. The zero-order chi connectivity index (χ0) is 20.5. The second-order valence-electron chi connectivity index (χ2n) is 7.12. The second-order valence-corrected chi connectivity index (χ2v) is 7.12. The Balaban J connectivity index is 1.74. The van der Waals surface area contributed by atoms with Gasteiger partial charge in [-0.05, 0) is 11.6 Å². The highest BCUT2D eigenvalue weighted by Crippen LogP contribution is 2.18. The maximum atomic E-state index is 13.7. The summed E-state index contributed by atoms with van der Waals surface area (Å²) in [4.78, 5) is 45.0. The van der Waals surface area contributed by atoms with Gasteiger partial charge in [-0.1, -0.05) is 30.3 Å². The number of halogens is 1. The van der Waals surface area contributed by atoms with E-state index in [0.29, 0.717) is 0 Å². The van der Waals surface area contributed by atoms with Gasteiger partial charge in [0.2, 0.25) is 0 Å². The topological polar surface area (TPSA) is 108 Å². The van der Waals surface area contributed by atoms with Crippen LogP contribution < -0.4 is 11.2 Å². The molecule has 1 fully saturated rings. The minimum absolute atomic E-state index is 0.00875. The standard InChI is InChI=1S/C20H19FN4O4/c21-14-7-15(26)11-24(10-14)19(28)13-6-16-17(22-8-13)25(20(29)23-18(16)27)9-12-4-2-1-3-5-12/h1-6,8,14-15,26H,7,9-11H2,(H,23,27,29)/t14-,15+/m0/s1. The summed E-state index contributed by atoms with van der Waals surface area (Å²) < 4.78 is 15.0. The number of hydrogen-bond donors (Lipinski definition) is 2. The SMILES string of the molecule is O=C(c1cnc2c(c1)c(=O)[nH]c(=O)n2Cc1ccccc1)N1C[C@H](O)C[C@H](F)C1. The van der Waals surface area contributed by atoms with E-state index >= 15 is 0 Å². The second kappa shape index (κ2) is 7.59. The first-order valence-electron chi connectivity index (χ1n) is 9.20. The highest BCUT2D eigenvalue weighted by molar-refractivity contribution is 5.96. The first kappa shape index (κ1) is 19.0. The van der Waals surface area contributed by atoms with Crippen LogP contribution in [0.15, 0.2) is 52.2 Å². The molecule has 8 nitrogen and oxygen atoms in total. The summed E-state index contributed by atoms with van der Waals surface area (Å²) in [5.74, 6) is -0.527. The Kier molecular flexibility index (Phi) is 4.98. The number of hydrogen-bond acceptors (Lipinski definition) is 5. The molecule has 0 unspecified atom stereocenters. The van der Waals surface area contributed by atoms with Crippen LogP contribution in [0.25, 0.3) is 11.0 Å². The summed E-state index contributed by atoms with van der Waals surface area (Å²) >= 11 is 0. The van der Waals surface area contributed by atoms with E-state index in [0.717, 1.165) is 5.56 Å². The number of benzene rings is 1. The molecule has 2 aromatic heterocycles. The Morgan fingerprint density at radius 1 is 1.24 bits per heavy atom. The van der Waals surface area contributed by atoms with Crippen molar-refractivity contribution < 1.29 is 14.3 Å². The number of nitrogens with one attached hydrogen (secondary N) is 1. The molecule has 0 saturated carbocycles. The van der Waals surface area contributed by atoms with Gasteiger partial charge in [-0.15, -0.1) is 0 Å². The maximum absolute atomic E-state index is 13.7. The Labute approximate surface area is 164 Å². The number of alkyl halides is 1. The van der Waals surface area contributed by atoms with Gasteiger partial charge in [0.25, 0.3) is 11.5 Å². The quantitative estimate of drug-likeness (QED) is 0.675. The van der Waals surface area contributed by atoms with Gasteiger partial charge in [0.15, 0.2) is 0 Å². The number of piperidine rings is 1. The van der Waals surface area contributed by atoms with Gasteiger partial charge in [0.05, 0.1) is 30.1 Å². The molecule has 0 aliphatic carbocycles. The van der Waals surface area contributed by atoms with Gasteiger partial charge in [0, 0.05) is 19.2 Å². The fraction of sp³-hybridized carbons (Fsp3) is 0.300. The van der Waals surface area contributed by atoms with E-state index in [9.17, 15) is 23.9 Å². The Morgan fingerprint density at radius 2 is 2.00 bits per heavy atom. The lowest BCUT2D eigenvalue weighted by Crippen LogP contribution is -2.47. The van der Waals surface area contributed by atoms with Crippen molar-refractivity contribution in [1.29, 1.82) is 0 Å². The van der Waals surface area contributed by atoms with Crippen molar-refractivity contribution in [2.45, 2.75) is 25.2 Å². The molecule has 1 aliphatic heterocycles. The van der Waals surface area contributed by atoms with E-state index in [4.69, 9.17) is 0 Å². The van der Waals surface area contributed by atoms with Crippen LogP contribution in [-0.4, -0.2) is 55.8 Å². The van der Waals surface area contributed by atoms with Crippen molar-refractivity contribution in [3.8, 4) is 0 Å². The predicted molar refractivity (Wildman–Crippen MR) is 104 cm³/mol. The van der Waals surface area contributed by atoms with E-state index in [1.165, 1.54) is 21.7 Å². The summed E-state index contributed by atoms with van der Waals surface area (Å²) in [6, 6.07) is 10.6. The highest BCUT2D eigenvalue weighted by atomic mass is 19.1. The summed E-state index contributed by atoms with van der Waals surface area (Å²) in [7, 11) is 0. The zero-order valence-corrected chi connectivity index (χ0v) is 15.4. The Morgan fingerprint density at radius 3 is 2.72 bits per heavy atom. The molecule has 0 bridgehead atoms. The molecule has 3 aromatic rings. The fourth-order valence-corrected chi connectivity index (χ4v) is 3.56. The van der Waals surface area contributed by atoms with Gasteiger partial charge in [-0.2, -0.15) is 0 Å². The molecular formula is C20H19FN4O4. The van der Waals surface area contributed by atoms with E-state index in [1.807, 2.05) is 30.3 Å².